The molecule has 2 nitrogen and oxygen atoms in total. The number of nitrogens with one attached hydrogen (secondary N) is 1. The Balaban J connectivity index is 2.90. The van der Waals surface area contributed by atoms with Gasteiger partial charge in [-0.05, 0) is 45.0 Å². The predicted molar refractivity (Wildman–Crippen MR) is 81.7 cm³/mol. The van der Waals surface area contributed by atoms with Gasteiger partial charge in [0.2, 0.25) is 0 Å². The first-order valence-corrected chi connectivity index (χ1v) is 7.08. The molecule has 1 rings (SSSR count). The summed E-state index contributed by atoms with van der Waals surface area (Å²) in [6.45, 7) is 6.58. The van der Waals surface area contributed by atoms with E-state index in [-0.39, 0.29) is 6.04 Å². The minimum atomic E-state index is 0.282. The summed E-state index contributed by atoms with van der Waals surface area (Å²) in [5.41, 5.74) is 2.34. The Hall–Kier alpha value is -0.730. The van der Waals surface area contributed by atoms with Gasteiger partial charge in [-0.15, -0.1) is 0 Å². The highest BCUT2D eigenvalue weighted by molar-refractivity contribution is 6.31. The molecule has 18 heavy (non-hydrogen) atoms. The zero-order valence-corrected chi connectivity index (χ0v) is 12.9. The molecular weight excluding hydrogens is 244 g/mol. The summed E-state index contributed by atoms with van der Waals surface area (Å²) in [4.78, 5) is 2.29. The first kappa shape index (κ1) is 15.3. The lowest BCUT2D eigenvalue weighted by Gasteiger charge is -2.27. The van der Waals surface area contributed by atoms with Crippen LogP contribution in [0.15, 0.2) is 18.2 Å². The van der Waals surface area contributed by atoms with Crippen molar-refractivity contribution in [3.63, 3.8) is 0 Å². The quantitative estimate of drug-likeness (QED) is 0.830. The molecule has 0 fully saturated rings. The average Bonchev–Trinajstić information content (AvgIpc) is 2.37. The van der Waals surface area contributed by atoms with Crippen molar-refractivity contribution in [3.8, 4) is 0 Å². The Bertz CT molecular complexity index is 379. The van der Waals surface area contributed by atoms with Crippen LogP contribution < -0.4 is 10.2 Å². The van der Waals surface area contributed by atoms with E-state index < -0.39 is 0 Å². The van der Waals surface area contributed by atoms with Crippen LogP contribution in [0.3, 0.4) is 0 Å². The highest BCUT2D eigenvalue weighted by Crippen LogP contribution is 2.28. The number of nitrogens with zero attached hydrogens (tertiary/aromatic N) is 1. The monoisotopic (exact) mass is 268 g/mol. The molecule has 0 aromatic heterocycles. The number of rotatable bonds is 6. The Kier molecular flexibility index (Phi) is 5.97. The maximum atomic E-state index is 6.36. The third-order valence-electron chi connectivity index (χ3n) is 3.66. The summed E-state index contributed by atoms with van der Waals surface area (Å²) in [5, 5.41) is 4.05. The van der Waals surface area contributed by atoms with Crippen LogP contribution in [0.1, 0.15) is 45.2 Å². The van der Waals surface area contributed by atoms with Gasteiger partial charge in [0.25, 0.3) is 0 Å². The summed E-state index contributed by atoms with van der Waals surface area (Å²) in [7, 11) is 4.08. The molecule has 2 atom stereocenters. The van der Waals surface area contributed by atoms with Gasteiger partial charge < -0.3 is 10.2 Å². The molecule has 0 aliphatic carbocycles. The summed E-state index contributed by atoms with van der Waals surface area (Å²) in [6.07, 6.45) is 2.40. The zero-order chi connectivity index (χ0) is 13.7. The number of hydrogen-bond donors (Lipinski definition) is 1. The van der Waals surface area contributed by atoms with Crippen molar-refractivity contribution < 1.29 is 0 Å². The van der Waals surface area contributed by atoms with Gasteiger partial charge in [0.05, 0.1) is 0 Å². The van der Waals surface area contributed by atoms with E-state index in [0.29, 0.717) is 6.04 Å². The van der Waals surface area contributed by atoms with Crippen LogP contribution in [0.4, 0.5) is 5.69 Å². The van der Waals surface area contributed by atoms with Crippen molar-refractivity contribution in [3.05, 3.63) is 28.8 Å². The Morgan fingerprint density at radius 2 is 2.00 bits per heavy atom. The van der Waals surface area contributed by atoms with E-state index in [4.69, 9.17) is 11.6 Å². The van der Waals surface area contributed by atoms with Crippen LogP contribution in [0.2, 0.25) is 5.02 Å². The van der Waals surface area contributed by atoms with Gasteiger partial charge in [0.1, 0.15) is 0 Å². The van der Waals surface area contributed by atoms with Crippen LogP contribution >= 0.6 is 11.6 Å². The largest absolute Gasteiger partial charge is 0.372 e. The second-order valence-corrected chi connectivity index (χ2v) is 5.37. The van der Waals surface area contributed by atoms with Gasteiger partial charge in [0, 0.05) is 29.8 Å². The van der Waals surface area contributed by atoms with E-state index in [1.165, 1.54) is 18.5 Å². The molecule has 1 N–H and O–H groups in total. The van der Waals surface area contributed by atoms with Gasteiger partial charge in [0.15, 0.2) is 0 Å². The topological polar surface area (TPSA) is 15.3 Å². The standard InChI is InChI=1S/C15H25ClN2/c1-6-7-11(2)18(5)13-8-9-14(12(3)17-4)15(16)10-13/h8-12,17H,6-7H2,1-5H3. The van der Waals surface area contributed by atoms with E-state index in [0.717, 1.165) is 10.6 Å². The molecule has 1 aromatic carbocycles. The molecule has 1 aromatic rings. The van der Waals surface area contributed by atoms with Gasteiger partial charge in [-0.3, -0.25) is 0 Å². The van der Waals surface area contributed by atoms with E-state index in [1.54, 1.807) is 0 Å². The summed E-state index contributed by atoms with van der Waals surface area (Å²) >= 11 is 6.36. The number of hydrogen-bond acceptors (Lipinski definition) is 2. The fourth-order valence-corrected chi connectivity index (χ4v) is 2.45. The molecule has 0 aliphatic heterocycles. The molecular formula is C15H25ClN2. The summed E-state index contributed by atoms with van der Waals surface area (Å²) in [5.74, 6) is 0. The minimum absolute atomic E-state index is 0.282. The van der Waals surface area contributed by atoms with Crippen LogP contribution in [-0.2, 0) is 0 Å². The van der Waals surface area contributed by atoms with E-state index >= 15 is 0 Å². The van der Waals surface area contributed by atoms with Gasteiger partial charge in [-0.1, -0.05) is 31.0 Å². The molecule has 0 bridgehead atoms. The normalized spacial score (nSPS) is 14.3. The zero-order valence-electron chi connectivity index (χ0n) is 12.1. The van der Waals surface area contributed by atoms with E-state index in [1.807, 2.05) is 7.05 Å². The molecule has 0 spiro atoms. The first-order valence-electron chi connectivity index (χ1n) is 6.70. The fourth-order valence-electron chi connectivity index (χ4n) is 2.11. The van der Waals surface area contributed by atoms with Gasteiger partial charge in [-0.25, -0.2) is 0 Å². The second-order valence-electron chi connectivity index (χ2n) is 4.96. The first-order chi connectivity index (χ1) is 8.51. The highest BCUT2D eigenvalue weighted by atomic mass is 35.5. The van der Waals surface area contributed by atoms with Crippen LogP contribution in [0.5, 0.6) is 0 Å². The smallest absolute Gasteiger partial charge is 0.0474 e. The lowest BCUT2D eigenvalue weighted by Crippen LogP contribution is -2.28. The SMILES string of the molecule is CCCC(C)N(C)c1ccc(C(C)NC)c(Cl)c1. The summed E-state index contributed by atoms with van der Waals surface area (Å²) < 4.78 is 0. The Labute approximate surface area is 116 Å². The van der Waals surface area contributed by atoms with Crippen molar-refractivity contribution in [2.75, 3.05) is 19.0 Å². The number of anilines is 1. The van der Waals surface area contributed by atoms with Gasteiger partial charge >= 0.3 is 0 Å². The lowest BCUT2D eigenvalue weighted by molar-refractivity contribution is 0.615. The predicted octanol–water partition coefficient (Wildman–Crippen LogP) is 4.25. The highest BCUT2D eigenvalue weighted by Gasteiger charge is 2.12. The molecule has 0 saturated carbocycles. The average molecular weight is 269 g/mol. The molecule has 3 heteroatoms. The van der Waals surface area contributed by atoms with Crippen LogP contribution in [0, 0.1) is 0 Å². The molecule has 0 amide bonds. The molecule has 102 valence electrons. The van der Waals surface area contributed by atoms with Crippen molar-refractivity contribution in [1.29, 1.82) is 0 Å². The van der Waals surface area contributed by atoms with Crippen LogP contribution in [-0.4, -0.2) is 20.1 Å². The molecule has 0 saturated heterocycles. The van der Waals surface area contributed by atoms with Gasteiger partial charge in [-0.2, -0.15) is 0 Å². The van der Waals surface area contributed by atoms with E-state index in [9.17, 15) is 0 Å². The maximum Gasteiger partial charge on any atom is 0.0474 e. The number of benzene rings is 1. The molecule has 0 heterocycles. The fraction of sp³-hybridized carbons (Fsp3) is 0.600. The molecule has 0 radical (unpaired) electrons. The second kappa shape index (κ2) is 7.01. The Morgan fingerprint density at radius 1 is 1.33 bits per heavy atom. The Morgan fingerprint density at radius 3 is 2.50 bits per heavy atom. The van der Waals surface area contributed by atoms with Crippen LogP contribution in [0.25, 0.3) is 0 Å². The van der Waals surface area contributed by atoms with Crippen molar-refractivity contribution in [2.45, 2.75) is 45.7 Å². The van der Waals surface area contributed by atoms with Crippen molar-refractivity contribution in [2.24, 2.45) is 0 Å². The maximum absolute atomic E-state index is 6.36. The lowest BCUT2D eigenvalue weighted by atomic mass is 10.1. The van der Waals surface area contributed by atoms with E-state index in [2.05, 4.69) is 56.2 Å². The summed E-state index contributed by atoms with van der Waals surface area (Å²) in [6, 6.07) is 7.16. The van der Waals surface area contributed by atoms with Crippen molar-refractivity contribution >= 4 is 17.3 Å². The minimum Gasteiger partial charge on any atom is -0.372 e. The number of halogens is 1. The third kappa shape index (κ3) is 3.63. The molecule has 2 unspecified atom stereocenters. The molecule has 0 aliphatic rings. The third-order valence-corrected chi connectivity index (χ3v) is 3.99. The van der Waals surface area contributed by atoms with Crippen molar-refractivity contribution in [1.82, 2.24) is 5.32 Å².